The molecule has 2 aromatic carbocycles. The topological polar surface area (TPSA) is 88.9 Å². The molecule has 0 amide bonds. The molecule has 2 aromatic heterocycles. The van der Waals surface area contributed by atoms with Gasteiger partial charge in [0.2, 0.25) is 0 Å². The van der Waals surface area contributed by atoms with Crippen LogP contribution in [0.4, 0.5) is 0 Å². The summed E-state index contributed by atoms with van der Waals surface area (Å²) in [6.45, 7) is 9.74. The van der Waals surface area contributed by atoms with Crippen LogP contribution in [-0.4, -0.2) is 37.2 Å². The van der Waals surface area contributed by atoms with E-state index in [-0.39, 0.29) is 17.1 Å². The van der Waals surface area contributed by atoms with E-state index in [2.05, 4.69) is 65.2 Å². The third-order valence-corrected chi connectivity index (χ3v) is 6.96. The summed E-state index contributed by atoms with van der Waals surface area (Å²) in [6, 6.07) is 17.9. The lowest BCUT2D eigenvalue weighted by molar-refractivity contribution is 0.145. The van der Waals surface area contributed by atoms with Gasteiger partial charge in [-0.1, -0.05) is 50.6 Å². The molecule has 190 valence electrons. The number of hydrogen-bond acceptors (Lipinski definition) is 6. The number of ether oxygens (including phenoxy) is 1. The monoisotopic (exact) mass is 488 g/mol. The van der Waals surface area contributed by atoms with Crippen LogP contribution in [0.5, 0.6) is 5.75 Å². The minimum absolute atomic E-state index is 0.0589. The van der Waals surface area contributed by atoms with Crippen LogP contribution in [-0.2, 0) is 18.6 Å². The zero-order chi connectivity index (χ0) is 25.7. The summed E-state index contributed by atoms with van der Waals surface area (Å²) < 4.78 is 7.36. The van der Waals surface area contributed by atoms with Crippen molar-refractivity contribution in [3.63, 3.8) is 0 Å². The summed E-state index contributed by atoms with van der Waals surface area (Å²) in [6.07, 6.45) is 2.72. The van der Waals surface area contributed by atoms with Crippen molar-refractivity contribution in [3.8, 4) is 5.75 Å². The van der Waals surface area contributed by atoms with Gasteiger partial charge >= 0.3 is 0 Å². The minimum Gasteiger partial charge on any atom is -0.497 e. The first-order valence-corrected chi connectivity index (χ1v) is 12.6. The molecule has 4 aromatic rings. The molecule has 0 bridgehead atoms. The van der Waals surface area contributed by atoms with Crippen LogP contribution in [0, 0.1) is 0 Å². The molecule has 2 heterocycles. The lowest BCUT2D eigenvalue weighted by Gasteiger charge is -2.33. The van der Waals surface area contributed by atoms with Crippen molar-refractivity contribution in [2.45, 2.75) is 71.6 Å². The summed E-state index contributed by atoms with van der Waals surface area (Å²) in [5, 5.41) is 13.9. The second kappa shape index (κ2) is 11.0. The van der Waals surface area contributed by atoms with Gasteiger partial charge < -0.3 is 9.72 Å². The number of methoxy groups -OCH3 is 1. The van der Waals surface area contributed by atoms with Gasteiger partial charge in [0, 0.05) is 29.6 Å². The molecule has 8 heteroatoms. The third kappa shape index (κ3) is 5.49. The molecule has 4 rings (SSSR count). The largest absolute Gasteiger partial charge is 0.497 e. The van der Waals surface area contributed by atoms with Crippen LogP contribution in [0.25, 0.3) is 10.9 Å². The molecule has 0 aliphatic rings. The molecule has 0 spiro atoms. The van der Waals surface area contributed by atoms with Crippen molar-refractivity contribution >= 4 is 10.9 Å². The highest BCUT2D eigenvalue weighted by Gasteiger charge is 2.31. The maximum atomic E-state index is 13.2. The highest BCUT2D eigenvalue weighted by molar-refractivity contribution is 5.80. The van der Waals surface area contributed by atoms with E-state index in [1.807, 2.05) is 47.1 Å². The second-order valence-electron chi connectivity index (χ2n) is 9.89. The highest BCUT2D eigenvalue weighted by Crippen LogP contribution is 2.31. The van der Waals surface area contributed by atoms with Gasteiger partial charge in [0.05, 0.1) is 18.7 Å². The number of H-pyrrole nitrogens is 1. The third-order valence-electron chi connectivity index (χ3n) is 6.96. The standard InChI is InChI=1S/C28H36N6O2/c1-6-11-25(26-30-31-32-34(26)28(3,4)7-2)33(18-20-12-9-8-10-13-20)19-22-16-21-17-23(36-5)14-15-24(21)29-27(22)35/h8-10,12-17,25H,6-7,11,18-19H2,1-5H3,(H,29,35). The Balaban J connectivity index is 1.79. The van der Waals surface area contributed by atoms with E-state index in [4.69, 9.17) is 4.74 Å². The van der Waals surface area contributed by atoms with E-state index in [1.165, 1.54) is 5.56 Å². The first-order valence-electron chi connectivity index (χ1n) is 12.6. The Morgan fingerprint density at radius 1 is 1.08 bits per heavy atom. The van der Waals surface area contributed by atoms with Gasteiger partial charge in [-0.05, 0) is 66.9 Å². The van der Waals surface area contributed by atoms with Crippen LogP contribution in [0.1, 0.15) is 70.0 Å². The average molecular weight is 489 g/mol. The number of tetrazole rings is 1. The number of fused-ring (bicyclic) bond motifs is 1. The predicted octanol–water partition coefficient (Wildman–Crippen LogP) is 5.21. The molecule has 0 saturated carbocycles. The molecule has 0 radical (unpaired) electrons. The molecule has 1 atom stereocenters. The van der Waals surface area contributed by atoms with E-state index in [1.54, 1.807) is 7.11 Å². The Kier molecular flexibility index (Phi) is 7.84. The fraction of sp³-hybridized carbons (Fsp3) is 0.429. The van der Waals surface area contributed by atoms with Crippen molar-refractivity contribution in [2.75, 3.05) is 7.11 Å². The number of rotatable bonds is 11. The van der Waals surface area contributed by atoms with Crippen molar-refractivity contribution in [1.29, 1.82) is 0 Å². The van der Waals surface area contributed by atoms with Crippen LogP contribution in [0.3, 0.4) is 0 Å². The van der Waals surface area contributed by atoms with Gasteiger partial charge in [-0.3, -0.25) is 9.69 Å². The predicted molar refractivity (Wildman–Crippen MR) is 142 cm³/mol. The Bertz CT molecular complexity index is 1350. The van der Waals surface area contributed by atoms with Crippen LogP contribution < -0.4 is 10.3 Å². The number of hydrogen-bond donors (Lipinski definition) is 1. The van der Waals surface area contributed by atoms with Crippen molar-refractivity contribution in [2.24, 2.45) is 0 Å². The lowest BCUT2D eigenvalue weighted by Crippen LogP contribution is -2.36. The number of aromatic nitrogens is 5. The van der Waals surface area contributed by atoms with E-state index in [0.717, 1.165) is 41.7 Å². The first-order chi connectivity index (χ1) is 17.4. The van der Waals surface area contributed by atoms with Crippen LogP contribution in [0.2, 0.25) is 0 Å². The quantitative estimate of drug-likeness (QED) is 0.312. The second-order valence-corrected chi connectivity index (χ2v) is 9.89. The molecule has 36 heavy (non-hydrogen) atoms. The normalized spacial score (nSPS) is 12.8. The minimum atomic E-state index is -0.222. The van der Waals surface area contributed by atoms with E-state index >= 15 is 0 Å². The maximum absolute atomic E-state index is 13.2. The van der Waals surface area contributed by atoms with Crippen molar-refractivity contribution in [3.05, 3.63) is 81.9 Å². The van der Waals surface area contributed by atoms with Gasteiger partial charge in [0.1, 0.15) is 5.75 Å². The van der Waals surface area contributed by atoms with Gasteiger partial charge in [-0.2, -0.15) is 0 Å². The molecule has 1 N–H and O–H groups in total. The molecule has 1 unspecified atom stereocenters. The van der Waals surface area contributed by atoms with Crippen LogP contribution in [0.15, 0.2) is 59.4 Å². The molecular formula is C28H36N6O2. The van der Waals surface area contributed by atoms with Crippen molar-refractivity contribution in [1.82, 2.24) is 30.1 Å². The molecule has 0 fully saturated rings. The number of pyridine rings is 1. The zero-order valence-electron chi connectivity index (χ0n) is 21.9. The lowest BCUT2D eigenvalue weighted by atomic mass is 10.00. The smallest absolute Gasteiger partial charge is 0.252 e. The Labute approximate surface area is 212 Å². The summed E-state index contributed by atoms with van der Waals surface area (Å²) in [5.41, 5.74) is 2.35. The molecule has 0 saturated heterocycles. The van der Waals surface area contributed by atoms with Gasteiger partial charge in [0.25, 0.3) is 5.56 Å². The first kappa shape index (κ1) is 25.6. The number of aromatic amines is 1. The SMILES string of the molecule is CCCC(c1nnnn1C(C)(C)CC)N(Cc1ccccc1)Cc1cc2cc(OC)ccc2[nH]c1=O. The Morgan fingerprint density at radius 3 is 2.56 bits per heavy atom. The van der Waals surface area contributed by atoms with Crippen LogP contribution >= 0.6 is 0 Å². The summed E-state index contributed by atoms with van der Waals surface area (Å²) in [5.74, 6) is 1.59. The Hall–Kier alpha value is -3.52. The molecule has 0 aliphatic carbocycles. The van der Waals surface area contributed by atoms with E-state index < -0.39 is 0 Å². The molecular weight excluding hydrogens is 452 g/mol. The summed E-state index contributed by atoms with van der Waals surface area (Å²) in [4.78, 5) is 18.5. The summed E-state index contributed by atoms with van der Waals surface area (Å²) >= 11 is 0. The van der Waals surface area contributed by atoms with E-state index in [0.29, 0.717) is 18.7 Å². The fourth-order valence-corrected chi connectivity index (χ4v) is 4.52. The van der Waals surface area contributed by atoms with Gasteiger partial charge in [0.15, 0.2) is 5.82 Å². The van der Waals surface area contributed by atoms with Gasteiger partial charge in [-0.25, -0.2) is 4.68 Å². The number of nitrogens with one attached hydrogen (secondary N) is 1. The van der Waals surface area contributed by atoms with E-state index in [9.17, 15) is 4.79 Å². The fourth-order valence-electron chi connectivity index (χ4n) is 4.52. The Morgan fingerprint density at radius 2 is 1.86 bits per heavy atom. The van der Waals surface area contributed by atoms with Gasteiger partial charge in [-0.15, -0.1) is 5.10 Å². The zero-order valence-corrected chi connectivity index (χ0v) is 21.9. The average Bonchev–Trinajstić information content (AvgIpc) is 3.38. The maximum Gasteiger partial charge on any atom is 0.252 e. The summed E-state index contributed by atoms with van der Waals surface area (Å²) in [7, 11) is 1.65. The number of nitrogens with zero attached hydrogens (tertiary/aromatic N) is 5. The molecule has 8 nitrogen and oxygen atoms in total. The highest BCUT2D eigenvalue weighted by atomic mass is 16.5. The number of benzene rings is 2. The molecule has 0 aliphatic heterocycles. The van der Waals surface area contributed by atoms with Crippen molar-refractivity contribution < 1.29 is 4.74 Å².